The third-order valence-corrected chi connectivity index (χ3v) is 5.82. The van der Waals surface area contributed by atoms with Crippen LogP contribution in [0.1, 0.15) is 31.7 Å². The second-order valence-electron chi connectivity index (χ2n) is 7.58. The van der Waals surface area contributed by atoms with Crippen LogP contribution in [0.5, 0.6) is 0 Å². The normalized spacial score (nSPS) is 23.6. The SMILES string of the molecule is CC1OC2(CCN(C)CC2)CN1C(=O)CCc1c[nH]c2ccccc12. The van der Waals surface area contributed by atoms with Gasteiger partial charge in [0.1, 0.15) is 6.23 Å². The van der Waals surface area contributed by atoms with E-state index in [9.17, 15) is 4.79 Å². The lowest BCUT2D eigenvalue weighted by Gasteiger charge is -2.36. The van der Waals surface area contributed by atoms with E-state index in [1.165, 1.54) is 10.9 Å². The Morgan fingerprint density at radius 2 is 2.08 bits per heavy atom. The molecule has 2 fully saturated rings. The highest BCUT2D eigenvalue weighted by Crippen LogP contribution is 2.35. The van der Waals surface area contributed by atoms with Gasteiger partial charge in [0.2, 0.25) is 5.91 Å². The standard InChI is InChI=1S/C20H27N3O2/c1-15-23(14-20(25-15)9-11-22(2)12-10-20)19(24)8-7-16-13-21-18-6-4-3-5-17(16)18/h3-6,13,15,21H,7-12,14H2,1-2H3. The summed E-state index contributed by atoms with van der Waals surface area (Å²) in [6.45, 7) is 4.85. The van der Waals surface area contributed by atoms with Gasteiger partial charge >= 0.3 is 0 Å². The first-order valence-electron chi connectivity index (χ1n) is 9.27. The fourth-order valence-electron chi connectivity index (χ4n) is 4.22. The van der Waals surface area contributed by atoms with E-state index in [2.05, 4.69) is 29.1 Å². The molecule has 0 aliphatic carbocycles. The van der Waals surface area contributed by atoms with Crippen molar-refractivity contribution < 1.29 is 9.53 Å². The highest BCUT2D eigenvalue weighted by Gasteiger charge is 2.46. The van der Waals surface area contributed by atoms with E-state index in [0.717, 1.165) is 44.4 Å². The van der Waals surface area contributed by atoms with Gasteiger partial charge in [0.05, 0.1) is 12.1 Å². The van der Waals surface area contributed by atoms with Crippen LogP contribution >= 0.6 is 0 Å². The molecule has 1 N–H and O–H groups in total. The smallest absolute Gasteiger partial charge is 0.225 e. The monoisotopic (exact) mass is 341 g/mol. The van der Waals surface area contributed by atoms with Gasteiger partial charge in [-0.15, -0.1) is 0 Å². The number of para-hydroxylation sites is 1. The fraction of sp³-hybridized carbons (Fsp3) is 0.550. The molecule has 2 saturated heterocycles. The number of carbonyl (C=O) groups excluding carboxylic acids is 1. The number of hydrogen-bond donors (Lipinski definition) is 1. The maximum Gasteiger partial charge on any atom is 0.225 e. The zero-order chi connectivity index (χ0) is 17.4. The molecule has 0 bridgehead atoms. The molecule has 0 saturated carbocycles. The number of hydrogen-bond acceptors (Lipinski definition) is 3. The molecule has 1 unspecified atom stereocenters. The first kappa shape index (κ1) is 16.6. The first-order valence-corrected chi connectivity index (χ1v) is 9.27. The number of amides is 1. The van der Waals surface area contributed by atoms with Gasteiger partial charge in [0.25, 0.3) is 0 Å². The summed E-state index contributed by atoms with van der Waals surface area (Å²) in [6.07, 6.45) is 5.24. The summed E-state index contributed by atoms with van der Waals surface area (Å²) < 4.78 is 6.25. The van der Waals surface area contributed by atoms with Crippen molar-refractivity contribution in [3.63, 3.8) is 0 Å². The average molecular weight is 341 g/mol. The second-order valence-corrected chi connectivity index (χ2v) is 7.58. The summed E-state index contributed by atoms with van der Waals surface area (Å²) >= 11 is 0. The van der Waals surface area contributed by atoms with Gasteiger partial charge in [-0.2, -0.15) is 0 Å². The first-order chi connectivity index (χ1) is 12.1. The Morgan fingerprint density at radius 1 is 1.32 bits per heavy atom. The summed E-state index contributed by atoms with van der Waals surface area (Å²) in [6, 6.07) is 8.25. The Morgan fingerprint density at radius 3 is 2.88 bits per heavy atom. The van der Waals surface area contributed by atoms with Crippen molar-refractivity contribution in [2.45, 2.75) is 44.4 Å². The molecule has 1 amide bonds. The van der Waals surface area contributed by atoms with Gasteiger partial charge < -0.3 is 19.5 Å². The predicted octanol–water partition coefficient (Wildman–Crippen LogP) is 2.77. The largest absolute Gasteiger partial charge is 0.361 e. The molecule has 25 heavy (non-hydrogen) atoms. The number of piperidine rings is 1. The number of aromatic amines is 1. The summed E-state index contributed by atoms with van der Waals surface area (Å²) in [4.78, 5) is 20.4. The molecule has 2 aliphatic rings. The third kappa shape index (κ3) is 3.18. The van der Waals surface area contributed by atoms with E-state index in [1.54, 1.807) is 0 Å². The molecular weight excluding hydrogens is 314 g/mol. The lowest BCUT2D eigenvalue weighted by Crippen LogP contribution is -2.46. The van der Waals surface area contributed by atoms with Gasteiger partial charge in [0, 0.05) is 36.6 Å². The van der Waals surface area contributed by atoms with Crippen LogP contribution in [-0.4, -0.2) is 59.2 Å². The molecule has 3 heterocycles. The van der Waals surface area contributed by atoms with Crippen molar-refractivity contribution >= 4 is 16.8 Å². The zero-order valence-electron chi connectivity index (χ0n) is 15.1. The predicted molar refractivity (Wildman–Crippen MR) is 98.3 cm³/mol. The number of H-pyrrole nitrogens is 1. The molecule has 4 rings (SSSR count). The number of benzene rings is 1. The lowest BCUT2D eigenvalue weighted by atomic mass is 9.91. The topological polar surface area (TPSA) is 48.6 Å². The molecule has 5 nitrogen and oxygen atoms in total. The number of aromatic nitrogens is 1. The van der Waals surface area contributed by atoms with Gasteiger partial charge in [0.15, 0.2) is 0 Å². The number of ether oxygens (including phenoxy) is 1. The van der Waals surface area contributed by atoms with E-state index >= 15 is 0 Å². The van der Waals surface area contributed by atoms with Crippen LogP contribution in [0.25, 0.3) is 10.9 Å². The van der Waals surface area contributed by atoms with Crippen LogP contribution in [0.3, 0.4) is 0 Å². The number of nitrogens with zero attached hydrogens (tertiary/aromatic N) is 2. The van der Waals surface area contributed by atoms with Crippen molar-refractivity contribution in [3.8, 4) is 0 Å². The molecule has 2 aromatic rings. The molecule has 1 aromatic carbocycles. The zero-order valence-corrected chi connectivity index (χ0v) is 15.1. The molecule has 1 aromatic heterocycles. The van der Waals surface area contributed by atoms with Gasteiger partial charge in [-0.1, -0.05) is 18.2 Å². The van der Waals surface area contributed by atoms with E-state index in [1.807, 2.05) is 30.2 Å². The second kappa shape index (κ2) is 6.46. The van der Waals surface area contributed by atoms with E-state index in [4.69, 9.17) is 4.74 Å². The molecule has 2 aliphatic heterocycles. The minimum Gasteiger partial charge on any atom is -0.361 e. The maximum absolute atomic E-state index is 12.8. The third-order valence-electron chi connectivity index (χ3n) is 5.82. The van der Waals surface area contributed by atoms with Gasteiger partial charge in [-0.25, -0.2) is 0 Å². The number of nitrogens with one attached hydrogen (secondary N) is 1. The minimum absolute atomic E-state index is 0.112. The van der Waals surface area contributed by atoms with E-state index in [0.29, 0.717) is 6.42 Å². The maximum atomic E-state index is 12.8. The van der Waals surface area contributed by atoms with Crippen LogP contribution in [0.4, 0.5) is 0 Å². The van der Waals surface area contributed by atoms with Crippen LogP contribution in [0.15, 0.2) is 30.5 Å². The Hall–Kier alpha value is -1.85. The molecular formula is C20H27N3O2. The highest BCUT2D eigenvalue weighted by atomic mass is 16.5. The van der Waals surface area contributed by atoms with E-state index < -0.39 is 0 Å². The van der Waals surface area contributed by atoms with Crippen molar-refractivity contribution in [3.05, 3.63) is 36.0 Å². The average Bonchev–Trinajstić information content (AvgIpc) is 3.17. The molecule has 1 spiro atoms. The quantitative estimate of drug-likeness (QED) is 0.934. The van der Waals surface area contributed by atoms with Gasteiger partial charge in [-0.05, 0) is 44.9 Å². The van der Waals surface area contributed by atoms with Crippen LogP contribution in [-0.2, 0) is 16.0 Å². The Balaban J connectivity index is 1.39. The van der Waals surface area contributed by atoms with Crippen molar-refractivity contribution in [1.29, 1.82) is 0 Å². The summed E-state index contributed by atoms with van der Waals surface area (Å²) in [5.41, 5.74) is 2.22. The molecule has 1 atom stereocenters. The van der Waals surface area contributed by atoms with Crippen molar-refractivity contribution in [1.82, 2.24) is 14.8 Å². The van der Waals surface area contributed by atoms with E-state index in [-0.39, 0.29) is 17.7 Å². The summed E-state index contributed by atoms with van der Waals surface area (Å²) in [7, 11) is 2.15. The van der Waals surface area contributed by atoms with Crippen molar-refractivity contribution in [2.24, 2.45) is 0 Å². The van der Waals surface area contributed by atoms with Crippen LogP contribution in [0, 0.1) is 0 Å². The van der Waals surface area contributed by atoms with Gasteiger partial charge in [-0.3, -0.25) is 4.79 Å². The fourth-order valence-corrected chi connectivity index (χ4v) is 4.22. The summed E-state index contributed by atoms with van der Waals surface area (Å²) in [5.74, 6) is 0.202. The number of rotatable bonds is 3. The molecule has 0 radical (unpaired) electrons. The number of fused-ring (bicyclic) bond motifs is 1. The Bertz CT molecular complexity index is 761. The Kier molecular flexibility index (Phi) is 4.29. The number of aryl methyl sites for hydroxylation is 1. The van der Waals surface area contributed by atoms with Crippen LogP contribution < -0.4 is 0 Å². The number of carbonyl (C=O) groups is 1. The molecule has 134 valence electrons. The summed E-state index contributed by atoms with van der Waals surface area (Å²) in [5, 5.41) is 1.22. The van der Waals surface area contributed by atoms with Crippen molar-refractivity contribution in [2.75, 3.05) is 26.7 Å². The highest BCUT2D eigenvalue weighted by molar-refractivity contribution is 5.84. The lowest BCUT2D eigenvalue weighted by molar-refractivity contribution is -0.136. The van der Waals surface area contributed by atoms with Crippen LogP contribution in [0.2, 0.25) is 0 Å². The minimum atomic E-state index is -0.123. The molecule has 5 heteroatoms. The number of likely N-dealkylation sites (tertiary alicyclic amines) is 1. The Labute approximate surface area is 148 Å².